The summed E-state index contributed by atoms with van der Waals surface area (Å²) in [5, 5.41) is 15.8. The molecule has 2 unspecified atom stereocenters. The second-order valence-electron chi connectivity index (χ2n) is 10.2. The lowest BCUT2D eigenvalue weighted by Gasteiger charge is -2.34. The largest absolute Gasteiger partial charge is 0.395 e. The molecule has 2 aromatic rings. The molecule has 3 aliphatic rings. The van der Waals surface area contributed by atoms with Gasteiger partial charge < -0.3 is 25.5 Å². The first-order chi connectivity index (χ1) is 18.4. The third-order valence-corrected chi connectivity index (χ3v) is 10.2. The van der Waals surface area contributed by atoms with E-state index in [2.05, 4.69) is 29.4 Å². The Morgan fingerprint density at radius 2 is 1.79 bits per heavy atom. The van der Waals surface area contributed by atoms with Gasteiger partial charge in [0.2, 0.25) is 17.7 Å². The quantitative estimate of drug-likeness (QED) is 0.432. The monoisotopic (exact) mass is 536 g/mol. The van der Waals surface area contributed by atoms with Gasteiger partial charge in [0, 0.05) is 42.8 Å². The van der Waals surface area contributed by atoms with Gasteiger partial charge in [0.05, 0.1) is 23.2 Å². The van der Waals surface area contributed by atoms with Crippen LogP contribution in [0.1, 0.15) is 32.3 Å². The Balaban J connectivity index is 1.36. The summed E-state index contributed by atoms with van der Waals surface area (Å²) < 4.78 is -0.670. The van der Waals surface area contributed by atoms with Gasteiger partial charge in [0.1, 0.15) is 6.04 Å². The van der Waals surface area contributed by atoms with Crippen molar-refractivity contribution in [2.75, 3.05) is 36.5 Å². The predicted molar refractivity (Wildman–Crippen MR) is 150 cm³/mol. The maximum Gasteiger partial charge on any atom is 0.248 e. The summed E-state index contributed by atoms with van der Waals surface area (Å²) in [6.07, 6.45) is 1.48. The zero-order valence-electron chi connectivity index (χ0n) is 21.9. The summed E-state index contributed by atoms with van der Waals surface area (Å²) in [7, 11) is 0. The van der Waals surface area contributed by atoms with Gasteiger partial charge in [-0.2, -0.15) is 0 Å². The normalized spacial score (nSPS) is 27.3. The summed E-state index contributed by atoms with van der Waals surface area (Å²) in [5.41, 5.74) is 2.74. The number of β-amino-alcohol motifs (C(OH)–C–C–N with tert-alkyl or cyclic N) is 1. The number of aliphatic hydroxyl groups is 1. The minimum Gasteiger partial charge on any atom is -0.395 e. The fourth-order valence-corrected chi connectivity index (χ4v) is 8.78. The van der Waals surface area contributed by atoms with Crippen molar-refractivity contribution in [1.29, 1.82) is 0 Å². The smallest absolute Gasteiger partial charge is 0.248 e. The van der Waals surface area contributed by atoms with Crippen LogP contribution in [-0.2, 0) is 20.9 Å². The Labute approximate surface area is 228 Å². The third-order valence-electron chi connectivity index (χ3n) is 8.27. The van der Waals surface area contributed by atoms with E-state index in [0.717, 1.165) is 30.8 Å². The highest BCUT2D eigenvalue weighted by molar-refractivity contribution is 8.02. The second-order valence-corrected chi connectivity index (χ2v) is 11.8. The number of amides is 3. The molecule has 3 amide bonds. The van der Waals surface area contributed by atoms with Crippen molar-refractivity contribution in [3.63, 3.8) is 0 Å². The van der Waals surface area contributed by atoms with Crippen molar-refractivity contribution in [3.8, 4) is 0 Å². The standard InChI is InChI=1S/C29H36N4O4S/c1-3-32(4-2)21-12-10-20(11-13-21)31-27(36)25-29-15-14-22(38-29)23(24(29)28(37)33(25)16-17-34)26(35)30-18-19-8-6-5-7-9-19/h5-13,22-25,34H,3-4,14-18H2,1-2H3,(H,30,35)(H,31,36)/t22-,23+,24-,25?,29?/m0/s1. The Bertz CT molecular complexity index is 1170. The van der Waals surface area contributed by atoms with E-state index in [1.165, 1.54) is 4.90 Å². The number of hydrogen-bond donors (Lipinski definition) is 3. The minimum atomic E-state index is -0.739. The molecule has 3 fully saturated rings. The highest BCUT2D eigenvalue weighted by atomic mass is 32.2. The maximum absolute atomic E-state index is 13.8. The van der Waals surface area contributed by atoms with Gasteiger partial charge >= 0.3 is 0 Å². The van der Waals surface area contributed by atoms with Crippen LogP contribution in [0.2, 0.25) is 0 Å². The number of thioether (sulfide) groups is 1. The van der Waals surface area contributed by atoms with Crippen LogP contribution in [0.5, 0.6) is 0 Å². The number of aliphatic hydroxyl groups excluding tert-OH is 1. The first-order valence-corrected chi connectivity index (χ1v) is 14.4. The molecule has 0 radical (unpaired) electrons. The van der Waals surface area contributed by atoms with Crippen LogP contribution < -0.4 is 15.5 Å². The molecular weight excluding hydrogens is 500 g/mol. The van der Waals surface area contributed by atoms with Gasteiger partial charge in [-0.3, -0.25) is 14.4 Å². The van der Waals surface area contributed by atoms with E-state index in [-0.39, 0.29) is 36.1 Å². The lowest BCUT2D eigenvalue weighted by atomic mass is 9.70. The van der Waals surface area contributed by atoms with E-state index in [1.54, 1.807) is 11.8 Å². The van der Waals surface area contributed by atoms with Crippen LogP contribution in [0.3, 0.4) is 0 Å². The zero-order chi connectivity index (χ0) is 26.9. The van der Waals surface area contributed by atoms with E-state index in [1.807, 2.05) is 54.6 Å². The van der Waals surface area contributed by atoms with Gasteiger partial charge in [0.25, 0.3) is 0 Å². The molecule has 8 nitrogen and oxygen atoms in total. The van der Waals surface area contributed by atoms with E-state index in [9.17, 15) is 19.5 Å². The number of rotatable bonds is 10. The summed E-state index contributed by atoms with van der Waals surface area (Å²) in [6.45, 7) is 6.22. The number of likely N-dealkylation sites (tertiary alicyclic amines) is 1. The van der Waals surface area contributed by atoms with Crippen molar-refractivity contribution >= 4 is 40.9 Å². The number of fused-ring (bicyclic) bond motifs is 1. The highest BCUT2D eigenvalue weighted by Crippen LogP contribution is 2.66. The Kier molecular flexibility index (Phi) is 7.68. The number of carbonyl (C=O) groups excluding carboxylic acids is 3. The molecule has 2 aromatic carbocycles. The number of nitrogens with zero attached hydrogens (tertiary/aromatic N) is 2. The second kappa shape index (κ2) is 11.0. The Morgan fingerprint density at radius 1 is 1.08 bits per heavy atom. The Morgan fingerprint density at radius 3 is 2.45 bits per heavy atom. The van der Waals surface area contributed by atoms with Crippen molar-refractivity contribution in [3.05, 3.63) is 60.2 Å². The molecule has 3 aliphatic heterocycles. The van der Waals surface area contributed by atoms with Gasteiger partial charge in [-0.25, -0.2) is 0 Å². The Hall–Kier alpha value is -3.04. The van der Waals surface area contributed by atoms with Gasteiger partial charge in [-0.15, -0.1) is 11.8 Å². The average Bonchev–Trinajstić information content (AvgIpc) is 3.57. The van der Waals surface area contributed by atoms with E-state index in [4.69, 9.17) is 0 Å². The molecule has 1 spiro atoms. The summed E-state index contributed by atoms with van der Waals surface area (Å²) in [5.74, 6) is -1.66. The van der Waals surface area contributed by atoms with Gasteiger partial charge in [0.15, 0.2) is 0 Å². The molecule has 0 aromatic heterocycles. The van der Waals surface area contributed by atoms with Gasteiger partial charge in [-0.1, -0.05) is 30.3 Å². The molecule has 5 rings (SSSR count). The van der Waals surface area contributed by atoms with Crippen LogP contribution in [0, 0.1) is 11.8 Å². The molecule has 0 saturated carbocycles. The molecule has 2 bridgehead atoms. The van der Waals surface area contributed by atoms with Crippen LogP contribution in [0.4, 0.5) is 11.4 Å². The molecule has 202 valence electrons. The molecule has 3 N–H and O–H groups in total. The summed E-state index contributed by atoms with van der Waals surface area (Å²) >= 11 is 1.63. The van der Waals surface area contributed by atoms with E-state index >= 15 is 0 Å². The van der Waals surface area contributed by atoms with Crippen molar-refractivity contribution < 1.29 is 19.5 Å². The lowest BCUT2D eigenvalue weighted by Crippen LogP contribution is -2.52. The molecule has 5 atom stereocenters. The first kappa shape index (κ1) is 26.6. The molecule has 0 aliphatic carbocycles. The molecule has 9 heteroatoms. The SMILES string of the molecule is CCN(CC)c1ccc(NC(=O)C2N(CCO)C(=O)[C@@H]3[C@H](C(=O)NCc4ccccc4)[C@@H]4CCC23S4)cc1. The van der Waals surface area contributed by atoms with Crippen LogP contribution in [-0.4, -0.2) is 70.0 Å². The van der Waals surface area contributed by atoms with Gasteiger partial charge in [-0.05, 0) is 56.5 Å². The average molecular weight is 537 g/mol. The number of hydrogen-bond acceptors (Lipinski definition) is 6. The van der Waals surface area contributed by atoms with Crippen LogP contribution >= 0.6 is 11.8 Å². The maximum atomic E-state index is 13.8. The molecule has 38 heavy (non-hydrogen) atoms. The van der Waals surface area contributed by atoms with E-state index in [0.29, 0.717) is 18.7 Å². The molecular formula is C29H36N4O4S. The first-order valence-electron chi connectivity index (χ1n) is 13.5. The summed E-state index contributed by atoms with van der Waals surface area (Å²) in [6, 6.07) is 16.7. The molecule has 3 saturated heterocycles. The molecule has 3 heterocycles. The third kappa shape index (κ3) is 4.56. The minimum absolute atomic E-state index is 0.000320. The number of benzene rings is 2. The highest BCUT2D eigenvalue weighted by Gasteiger charge is 2.73. The predicted octanol–water partition coefficient (Wildman–Crippen LogP) is 2.87. The van der Waals surface area contributed by atoms with Crippen molar-refractivity contribution in [2.24, 2.45) is 11.8 Å². The summed E-state index contributed by atoms with van der Waals surface area (Å²) in [4.78, 5) is 44.7. The van der Waals surface area contributed by atoms with Crippen LogP contribution in [0.25, 0.3) is 0 Å². The zero-order valence-corrected chi connectivity index (χ0v) is 22.7. The topological polar surface area (TPSA) is 102 Å². The fourth-order valence-electron chi connectivity index (χ4n) is 6.56. The van der Waals surface area contributed by atoms with Crippen molar-refractivity contribution in [1.82, 2.24) is 10.2 Å². The van der Waals surface area contributed by atoms with Crippen molar-refractivity contribution in [2.45, 2.75) is 49.3 Å². The van der Waals surface area contributed by atoms with Crippen LogP contribution in [0.15, 0.2) is 54.6 Å². The van der Waals surface area contributed by atoms with E-state index < -0.39 is 22.6 Å². The fraction of sp³-hybridized carbons (Fsp3) is 0.483. The number of anilines is 2. The number of nitrogens with one attached hydrogen (secondary N) is 2. The number of carbonyl (C=O) groups is 3. The lowest BCUT2D eigenvalue weighted by molar-refractivity contribution is -0.139.